The molecule has 0 radical (unpaired) electrons. The molecule has 0 aliphatic carbocycles. The number of aliphatic hydroxyl groups is 1. The van der Waals surface area contributed by atoms with Gasteiger partial charge in [0, 0.05) is 24.2 Å². The number of methoxy groups -OCH3 is 3. The van der Waals surface area contributed by atoms with Crippen LogP contribution in [-0.4, -0.2) is 81.7 Å². The number of aromatic nitrogens is 4. The van der Waals surface area contributed by atoms with Crippen molar-refractivity contribution in [1.82, 2.24) is 24.4 Å². The van der Waals surface area contributed by atoms with Crippen molar-refractivity contribution in [2.45, 2.75) is 58.3 Å². The molecule has 1 saturated heterocycles. The summed E-state index contributed by atoms with van der Waals surface area (Å²) in [6, 6.07) is 3.60. The minimum atomic E-state index is -0.610. The van der Waals surface area contributed by atoms with E-state index in [1.54, 1.807) is 38.8 Å². The molecule has 2 aliphatic rings. The first kappa shape index (κ1) is 28.3. The topological polar surface area (TPSA) is 136 Å². The van der Waals surface area contributed by atoms with Gasteiger partial charge in [0.2, 0.25) is 11.7 Å². The monoisotopic (exact) mass is 567 g/mol. The fourth-order valence-corrected chi connectivity index (χ4v) is 5.15. The molecule has 2 aliphatic heterocycles. The number of hydrogen-bond donors (Lipinski definition) is 2. The Morgan fingerprint density at radius 3 is 2.46 bits per heavy atom. The zero-order valence-electron chi connectivity index (χ0n) is 24.3. The summed E-state index contributed by atoms with van der Waals surface area (Å²) in [5.74, 6) is 3.13. The highest BCUT2D eigenvalue weighted by Crippen LogP contribution is 2.40. The highest BCUT2D eigenvalue weighted by atomic mass is 16.6. The third-order valence-electron chi connectivity index (χ3n) is 7.04. The molecule has 1 fully saturated rings. The predicted octanol–water partition coefficient (Wildman–Crippen LogP) is 3.64. The molecule has 2 aromatic heterocycles. The Labute approximate surface area is 239 Å². The van der Waals surface area contributed by atoms with Gasteiger partial charge in [-0.15, -0.1) is 0 Å². The van der Waals surface area contributed by atoms with Crippen LogP contribution in [0.2, 0.25) is 0 Å². The lowest BCUT2D eigenvalue weighted by atomic mass is 10.2. The lowest BCUT2D eigenvalue weighted by Crippen LogP contribution is -2.35. The summed E-state index contributed by atoms with van der Waals surface area (Å²) in [6.45, 7) is 6.95. The summed E-state index contributed by atoms with van der Waals surface area (Å²) in [4.78, 5) is 30.7. The van der Waals surface area contributed by atoms with E-state index in [1.807, 2.05) is 37.5 Å². The van der Waals surface area contributed by atoms with E-state index >= 15 is 0 Å². The van der Waals surface area contributed by atoms with E-state index in [-0.39, 0.29) is 12.6 Å². The Hall–Kier alpha value is -4.26. The summed E-state index contributed by atoms with van der Waals surface area (Å²) in [7, 11) is 4.69. The Kier molecular flexibility index (Phi) is 7.80. The first-order valence-electron chi connectivity index (χ1n) is 13.5. The number of nitrogens with one attached hydrogen (secondary N) is 1. The molecule has 13 heteroatoms. The number of nitrogens with zero attached hydrogens (tertiary/aromatic N) is 6. The molecule has 220 valence electrons. The lowest BCUT2D eigenvalue weighted by molar-refractivity contribution is 0.0240. The lowest BCUT2D eigenvalue weighted by Gasteiger charge is -2.27. The van der Waals surface area contributed by atoms with Crippen LogP contribution < -0.4 is 24.4 Å². The summed E-state index contributed by atoms with van der Waals surface area (Å²) in [5.41, 5.74) is 1.74. The van der Waals surface area contributed by atoms with Crippen molar-refractivity contribution in [3.63, 3.8) is 0 Å². The normalized spacial score (nSPS) is 16.5. The minimum absolute atomic E-state index is 0.0243. The molecule has 5 rings (SSSR count). The van der Waals surface area contributed by atoms with Crippen molar-refractivity contribution in [2.75, 3.05) is 44.7 Å². The molecule has 1 aromatic carbocycles. The Morgan fingerprint density at radius 2 is 1.83 bits per heavy atom. The van der Waals surface area contributed by atoms with Gasteiger partial charge in [-0.3, -0.25) is 4.90 Å². The largest absolute Gasteiger partial charge is 0.493 e. The van der Waals surface area contributed by atoms with Crippen molar-refractivity contribution < 1.29 is 28.8 Å². The van der Waals surface area contributed by atoms with E-state index in [0.717, 1.165) is 36.3 Å². The number of imidazole rings is 1. The number of hydrogen-bond acceptors (Lipinski definition) is 11. The number of rotatable bonds is 8. The predicted molar refractivity (Wildman–Crippen MR) is 151 cm³/mol. The molecule has 3 aromatic rings. The number of anilines is 3. The molecule has 0 spiro atoms. The molecular weight excluding hydrogens is 530 g/mol. The van der Waals surface area contributed by atoms with Gasteiger partial charge in [0.05, 0.1) is 64.6 Å². The fraction of sp³-hybridized carbons (Fsp3) is 0.500. The number of carbonyl (C=O) groups is 1. The maximum absolute atomic E-state index is 12.9. The van der Waals surface area contributed by atoms with E-state index in [2.05, 4.69) is 15.2 Å². The number of amides is 1. The van der Waals surface area contributed by atoms with Gasteiger partial charge in [0.1, 0.15) is 17.7 Å². The van der Waals surface area contributed by atoms with Gasteiger partial charge < -0.3 is 38.8 Å². The van der Waals surface area contributed by atoms with Crippen LogP contribution in [0.1, 0.15) is 44.9 Å². The number of fused-ring (bicyclic) bond motifs is 1. The molecule has 13 nitrogen and oxygen atoms in total. The van der Waals surface area contributed by atoms with Crippen molar-refractivity contribution in [2.24, 2.45) is 0 Å². The van der Waals surface area contributed by atoms with Crippen molar-refractivity contribution in [3.05, 3.63) is 35.9 Å². The van der Waals surface area contributed by atoms with Crippen molar-refractivity contribution in [3.8, 4) is 22.9 Å². The first-order chi connectivity index (χ1) is 19.6. The molecule has 4 heterocycles. The van der Waals surface area contributed by atoms with Crippen LogP contribution in [0.15, 0.2) is 24.7 Å². The fourth-order valence-electron chi connectivity index (χ4n) is 5.15. The zero-order valence-corrected chi connectivity index (χ0v) is 24.3. The van der Waals surface area contributed by atoms with Crippen LogP contribution in [0.25, 0.3) is 5.69 Å². The van der Waals surface area contributed by atoms with E-state index in [0.29, 0.717) is 47.9 Å². The smallest absolute Gasteiger partial charge is 0.410 e. The molecule has 0 unspecified atom stereocenters. The summed E-state index contributed by atoms with van der Waals surface area (Å²) in [5, 5.41) is 13.2. The average Bonchev–Trinajstić information content (AvgIpc) is 3.70. The third kappa shape index (κ3) is 5.80. The molecular formula is C28H37N7O6. The number of benzene rings is 1. The van der Waals surface area contributed by atoms with E-state index < -0.39 is 11.7 Å². The second-order valence-corrected chi connectivity index (χ2v) is 11.0. The van der Waals surface area contributed by atoms with Crippen LogP contribution >= 0.6 is 0 Å². The van der Waals surface area contributed by atoms with Gasteiger partial charge in [0.25, 0.3) is 0 Å². The van der Waals surface area contributed by atoms with E-state index in [4.69, 9.17) is 28.9 Å². The van der Waals surface area contributed by atoms with E-state index in [1.165, 1.54) is 0 Å². The average molecular weight is 568 g/mol. The first-order valence-corrected chi connectivity index (χ1v) is 13.5. The van der Waals surface area contributed by atoms with E-state index in [9.17, 15) is 9.90 Å². The SMILES string of the molecule is COc1cc(-n2cnc(Nc3nc4c(c(N5CCC[C@H]5CO)n3)CN(C(=O)OC(C)(C)C)C4)c2)cc(OC)c1OC. The standard InChI is InChI=1S/C28H37N7O6/c1-28(2,3)41-27(37)33-12-19-20(13-33)30-26(32-25(19)35-9-7-8-17(35)15-36)31-23-14-34(16-29-23)18-10-21(38-4)24(40-6)22(11-18)39-5/h10-11,14,16-17,36H,7-9,12-13,15H2,1-6H3,(H,30,31,32)/t17-/m0/s1. The highest BCUT2D eigenvalue weighted by molar-refractivity contribution is 5.71. The van der Waals surface area contributed by atoms with Crippen LogP contribution in [0.4, 0.5) is 22.4 Å². The molecule has 2 N–H and O–H groups in total. The molecule has 0 saturated carbocycles. The summed E-state index contributed by atoms with van der Waals surface area (Å²) >= 11 is 0. The Balaban J connectivity index is 1.45. The third-order valence-corrected chi connectivity index (χ3v) is 7.04. The number of ether oxygens (including phenoxy) is 4. The second-order valence-electron chi connectivity index (χ2n) is 11.0. The van der Waals surface area contributed by atoms with Crippen LogP contribution in [0.5, 0.6) is 17.2 Å². The van der Waals surface area contributed by atoms with Crippen LogP contribution in [0.3, 0.4) is 0 Å². The van der Waals surface area contributed by atoms with Crippen LogP contribution in [-0.2, 0) is 17.8 Å². The van der Waals surface area contributed by atoms with Crippen molar-refractivity contribution >= 4 is 23.7 Å². The Bertz CT molecular complexity index is 1390. The zero-order chi connectivity index (χ0) is 29.3. The summed E-state index contributed by atoms with van der Waals surface area (Å²) in [6.07, 6.45) is 4.87. The maximum atomic E-state index is 12.9. The second kappa shape index (κ2) is 11.3. The summed E-state index contributed by atoms with van der Waals surface area (Å²) < 4.78 is 23.8. The van der Waals surface area contributed by atoms with Crippen LogP contribution in [0, 0.1) is 0 Å². The number of aliphatic hydroxyl groups excluding tert-OH is 1. The van der Waals surface area contributed by atoms with Crippen molar-refractivity contribution in [1.29, 1.82) is 0 Å². The van der Waals surface area contributed by atoms with Gasteiger partial charge >= 0.3 is 6.09 Å². The maximum Gasteiger partial charge on any atom is 0.410 e. The van der Waals surface area contributed by atoms with Gasteiger partial charge in [-0.2, -0.15) is 4.98 Å². The highest BCUT2D eigenvalue weighted by Gasteiger charge is 2.35. The molecule has 41 heavy (non-hydrogen) atoms. The van der Waals surface area contributed by atoms with Gasteiger partial charge in [-0.1, -0.05) is 0 Å². The molecule has 0 bridgehead atoms. The number of carbonyl (C=O) groups excluding carboxylic acids is 1. The van der Waals surface area contributed by atoms with Gasteiger partial charge in [0.15, 0.2) is 17.3 Å². The van der Waals surface area contributed by atoms with Gasteiger partial charge in [-0.25, -0.2) is 14.8 Å². The minimum Gasteiger partial charge on any atom is -0.493 e. The van der Waals surface area contributed by atoms with Gasteiger partial charge in [-0.05, 0) is 33.6 Å². The molecule has 1 amide bonds. The Morgan fingerprint density at radius 1 is 1.10 bits per heavy atom. The quantitative estimate of drug-likeness (QED) is 0.413. The molecule has 1 atom stereocenters.